The van der Waals surface area contributed by atoms with E-state index < -0.39 is 7.12 Å². The SMILES string of the molecule is COc1ccc(CCN=[N+]=[N-])cc1B(O)O. The predicted molar refractivity (Wildman–Crippen MR) is 60.5 cm³/mol. The lowest BCUT2D eigenvalue weighted by molar-refractivity contribution is 0.403. The number of benzene rings is 1. The maximum absolute atomic E-state index is 9.13. The number of azide groups is 1. The van der Waals surface area contributed by atoms with Gasteiger partial charge in [-0.25, -0.2) is 0 Å². The Kier molecular flexibility index (Phi) is 4.66. The molecule has 0 fully saturated rings. The molecule has 0 aromatic heterocycles. The summed E-state index contributed by atoms with van der Waals surface area (Å²) in [5, 5.41) is 21.7. The normalized spacial score (nSPS) is 9.44. The predicted octanol–water partition coefficient (Wildman–Crippen LogP) is 0.228. The van der Waals surface area contributed by atoms with E-state index in [1.807, 2.05) is 0 Å². The molecule has 0 bridgehead atoms. The van der Waals surface area contributed by atoms with Crippen LogP contribution in [0.25, 0.3) is 10.4 Å². The van der Waals surface area contributed by atoms with Crippen molar-refractivity contribution >= 4 is 12.6 Å². The average Bonchev–Trinajstić information content (AvgIpc) is 2.29. The Morgan fingerprint density at radius 3 is 2.81 bits per heavy atom. The van der Waals surface area contributed by atoms with E-state index >= 15 is 0 Å². The second-order valence-corrected chi connectivity index (χ2v) is 3.15. The molecule has 1 aromatic rings. The zero-order valence-electron chi connectivity index (χ0n) is 8.87. The Balaban J connectivity index is 2.88. The van der Waals surface area contributed by atoms with Gasteiger partial charge in [0.2, 0.25) is 0 Å². The number of nitrogens with zero attached hydrogens (tertiary/aromatic N) is 3. The van der Waals surface area contributed by atoms with E-state index in [4.69, 9.17) is 20.3 Å². The first-order chi connectivity index (χ1) is 7.69. The molecule has 0 saturated carbocycles. The lowest BCUT2D eigenvalue weighted by Gasteiger charge is -2.09. The Bertz CT molecular complexity index is 405. The smallest absolute Gasteiger partial charge is 0.492 e. The van der Waals surface area contributed by atoms with E-state index in [1.165, 1.54) is 7.11 Å². The summed E-state index contributed by atoms with van der Waals surface area (Å²) in [6.07, 6.45) is 0.549. The van der Waals surface area contributed by atoms with Crippen molar-refractivity contribution in [3.05, 3.63) is 34.2 Å². The molecule has 1 aromatic carbocycles. The molecule has 0 unspecified atom stereocenters. The highest BCUT2D eigenvalue weighted by atomic mass is 16.5. The second kappa shape index (κ2) is 6.02. The highest BCUT2D eigenvalue weighted by molar-refractivity contribution is 6.59. The van der Waals surface area contributed by atoms with Crippen molar-refractivity contribution in [2.45, 2.75) is 6.42 Å². The van der Waals surface area contributed by atoms with Crippen molar-refractivity contribution < 1.29 is 14.8 Å². The summed E-state index contributed by atoms with van der Waals surface area (Å²) in [5.41, 5.74) is 9.29. The van der Waals surface area contributed by atoms with Crippen LogP contribution >= 0.6 is 0 Å². The van der Waals surface area contributed by atoms with Gasteiger partial charge in [-0.1, -0.05) is 17.2 Å². The van der Waals surface area contributed by atoms with E-state index in [-0.39, 0.29) is 0 Å². The van der Waals surface area contributed by atoms with Crippen LogP contribution < -0.4 is 10.2 Å². The van der Waals surface area contributed by atoms with Crippen LogP contribution in [0.2, 0.25) is 0 Å². The molecule has 0 spiro atoms. The zero-order valence-corrected chi connectivity index (χ0v) is 8.87. The lowest BCUT2D eigenvalue weighted by Crippen LogP contribution is -2.31. The Morgan fingerprint density at radius 2 is 2.25 bits per heavy atom. The van der Waals surface area contributed by atoms with Crippen LogP contribution in [0.3, 0.4) is 0 Å². The Labute approximate surface area is 93.3 Å². The third-order valence-electron chi connectivity index (χ3n) is 2.14. The van der Waals surface area contributed by atoms with Gasteiger partial charge >= 0.3 is 7.12 Å². The van der Waals surface area contributed by atoms with Crippen LogP contribution in [0.4, 0.5) is 0 Å². The third kappa shape index (κ3) is 3.17. The van der Waals surface area contributed by atoms with Crippen molar-refractivity contribution in [1.82, 2.24) is 0 Å². The molecule has 2 N–H and O–H groups in total. The largest absolute Gasteiger partial charge is 0.497 e. The van der Waals surface area contributed by atoms with Gasteiger partial charge in [0, 0.05) is 16.9 Å². The van der Waals surface area contributed by atoms with Crippen LogP contribution in [-0.2, 0) is 6.42 Å². The van der Waals surface area contributed by atoms with E-state index in [1.54, 1.807) is 18.2 Å². The fourth-order valence-electron chi connectivity index (χ4n) is 1.36. The summed E-state index contributed by atoms with van der Waals surface area (Å²) in [4.78, 5) is 2.64. The quantitative estimate of drug-likeness (QED) is 0.322. The molecule has 0 aliphatic heterocycles. The first-order valence-electron chi connectivity index (χ1n) is 4.73. The van der Waals surface area contributed by atoms with Gasteiger partial charge < -0.3 is 14.8 Å². The van der Waals surface area contributed by atoms with Crippen LogP contribution in [0, 0.1) is 0 Å². The molecule has 1 rings (SSSR count). The molecule has 0 radical (unpaired) electrons. The minimum absolute atomic E-state index is 0.306. The number of ether oxygens (including phenoxy) is 1. The van der Waals surface area contributed by atoms with Crippen molar-refractivity contribution in [3.8, 4) is 5.75 Å². The van der Waals surface area contributed by atoms with Crippen LogP contribution in [-0.4, -0.2) is 30.8 Å². The molecule has 0 aliphatic rings. The van der Waals surface area contributed by atoms with Gasteiger partial charge in [0.15, 0.2) is 0 Å². The van der Waals surface area contributed by atoms with Crippen molar-refractivity contribution in [2.24, 2.45) is 5.11 Å². The number of hydrogen-bond acceptors (Lipinski definition) is 4. The fraction of sp³-hybridized carbons (Fsp3) is 0.333. The van der Waals surface area contributed by atoms with Crippen LogP contribution in [0.1, 0.15) is 5.56 Å². The van der Waals surface area contributed by atoms with Gasteiger partial charge in [-0.05, 0) is 23.6 Å². The molecule has 84 valence electrons. The molecule has 0 heterocycles. The number of rotatable bonds is 5. The lowest BCUT2D eigenvalue weighted by atomic mass is 9.78. The topological polar surface area (TPSA) is 98.5 Å². The minimum Gasteiger partial charge on any atom is -0.497 e. The van der Waals surface area contributed by atoms with E-state index in [9.17, 15) is 0 Å². The highest BCUT2D eigenvalue weighted by Gasteiger charge is 2.17. The summed E-state index contributed by atoms with van der Waals surface area (Å²) < 4.78 is 4.99. The maximum Gasteiger partial charge on any atom is 0.492 e. The van der Waals surface area contributed by atoms with E-state index in [0.717, 1.165) is 5.56 Å². The molecule has 0 saturated heterocycles. The second-order valence-electron chi connectivity index (χ2n) is 3.15. The van der Waals surface area contributed by atoms with E-state index in [2.05, 4.69) is 10.0 Å². The van der Waals surface area contributed by atoms with Crippen molar-refractivity contribution in [2.75, 3.05) is 13.7 Å². The average molecular weight is 221 g/mol. The number of methoxy groups -OCH3 is 1. The number of hydrogen-bond donors (Lipinski definition) is 2. The van der Waals surface area contributed by atoms with Crippen molar-refractivity contribution in [1.29, 1.82) is 0 Å². The molecule has 7 heteroatoms. The fourth-order valence-corrected chi connectivity index (χ4v) is 1.36. The van der Waals surface area contributed by atoms with Gasteiger partial charge in [-0.3, -0.25) is 0 Å². The standard InChI is InChI=1S/C9H12BN3O3/c1-16-9-3-2-7(4-5-12-13-11)6-8(9)10(14)15/h2-3,6,14-15H,4-5H2,1H3. The van der Waals surface area contributed by atoms with Gasteiger partial charge in [-0.2, -0.15) is 0 Å². The summed E-state index contributed by atoms with van der Waals surface area (Å²) in [6.45, 7) is 0.337. The van der Waals surface area contributed by atoms with Crippen LogP contribution in [0.15, 0.2) is 23.3 Å². The summed E-state index contributed by atoms with van der Waals surface area (Å²) >= 11 is 0. The van der Waals surface area contributed by atoms with Gasteiger partial charge in [0.05, 0.1) is 7.11 Å². The molecule has 0 atom stereocenters. The van der Waals surface area contributed by atoms with Crippen LogP contribution in [0.5, 0.6) is 5.75 Å². The monoisotopic (exact) mass is 221 g/mol. The third-order valence-corrected chi connectivity index (χ3v) is 2.14. The first-order valence-corrected chi connectivity index (χ1v) is 4.73. The summed E-state index contributed by atoms with van der Waals surface area (Å²) in [5.74, 6) is 0.419. The summed E-state index contributed by atoms with van der Waals surface area (Å²) in [6, 6.07) is 5.06. The summed E-state index contributed by atoms with van der Waals surface area (Å²) in [7, 11) is -0.115. The van der Waals surface area contributed by atoms with Crippen molar-refractivity contribution in [3.63, 3.8) is 0 Å². The van der Waals surface area contributed by atoms with Gasteiger partial charge in [-0.15, -0.1) is 0 Å². The molecular weight excluding hydrogens is 209 g/mol. The molecule has 6 nitrogen and oxygen atoms in total. The Hall–Kier alpha value is -1.69. The molecule has 0 aliphatic carbocycles. The molecule has 0 amide bonds. The Morgan fingerprint density at radius 1 is 1.50 bits per heavy atom. The minimum atomic E-state index is -1.57. The highest BCUT2D eigenvalue weighted by Crippen LogP contribution is 2.10. The maximum atomic E-state index is 9.13. The van der Waals surface area contributed by atoms with Gasteiger partial charge in [0.1, 0.15) is 5.75 Å². The first kappa shape index (κ1) is 12.4. The molecular formula is C9H12BN3O3. The zero-order chi connectivity index (χ0) is 12.0. The molecule has 16 heavy (non-hydrogen) atoms. The van der Waals surface area contributed by atoms with E-state index in [0.29, 0.717) is 24.2 Å². The van der Waals surface area contributed by atoms with Gasteiger partial charge in [0.25, 0.3) is 0 Å².